The highest BCUT2D eigenvalue weighted by molar-refractivity contribution is 5.79. The molecule has 0 radical (unpaired) electrons. The molecule has 2 heterocycles. The highest BCUT2D eigenvalue weighted by Gasteiger charge is 2.15. The lowest BCUT2D eigenvalue weighted by Gasteiger charge is -2.28. The molecule has 0 fully saturated rings. The van der Waals surface area contributed by atoms with Crippen LogP contribution in [0.2, 0.25) is 0 Å². The van der Waals surface area contributed by atoms with Crippen molar-refractivity contribution < 1.29 is 4.48 Å². The number of nitrogens with one attached hydrogen (secondary N) is 1. The fraction of sp³-hybridized carbons (Fsp3) is 0.462. The molecule has 0 amide bonds. The van der Waals surface area contributed by atoms with Crippen molar-refractivity contribution in [1.82, 2.24) is 9.61 Å². The predicted octanol–water partition coefficient (Wildman–Crippen LogP) is 1.80. The fourth-order valence-corrected chi connectivity index (χ4v) is 1.90. The zero-order valence-electron chi connectivity index (χ0n) is 12.2. The number of aromatic nitrogens is 2. The summed E-state index contributed by atoms with van der Waals surface area (Å²) < 4.78 is 2.72. The van der Waals surface area contributed by atoms with Crippen LogP contribution in [0.3, 0.4) is 0 Å². The lowest BCUT2D eigenvalue weighted by atomic mass is 10.3. The number of pyridine rings is 1. The number of hydrogen-bond donors (Lipinski definition) is 2. The van der Waals surface area contributed by atoms with Gasteiger partial charge in [0.2, 0.25) is 0 Å². The Bertz CT molecular complexity index is 600. The Kier molecular flexibility index (Phi) is 4.19. The van der Waals surface area contributed by atoms with E-state index in [0.29, 0.717) is 11.5 Å². The zero-order valence-corrected chi connectivity index (χ0v) is 12.2. The molecular formula is C13H22N7+. The first kappa shape index (κ1) is 14.3. The Morgan fingerprint density at radius 1 is 1.40 bits per heavy atom. The third kappa shape index (κ3) is 3.05. The Morgan fingerprint density at radius 2 is 2.20 bits per heavy atom. The van der Waals surface area contributed by atoms with Crippen LogP contribution in [0.4, 0.5) is 11.5 Å². The Labute approximate surface area is 118 Å². The van der Waals surface area contributed by atoms with Crippen LogP contribution in [0.1, 0.15) is 6.92 Å². The Balaban J connectivity index is 2.19. The van der Waals surface area contributed by atoms with Crippen LogP contribution in [0.5, 0.6) is 0 Å². The van der Waals surface area contributed by atoms with Gasteiger partial charge < -0.3 is 15.6 Å². The summed E-state index contributed by atoms with van der Waals surface area (Å²) >= 11 is 0. The quantitative estimate of drug-likeness (QED) is 0.365. The van der Waals surface area contributed by atoms with Crippen molar-refractivity contribution in [2.24, 2.45) is 16.2 Å². The number of rotatable bonds is 6. The third-order valence-electron chi connectivity index (χ3n) is 3.54. The molecule has 2 rings (SSSR count). The number of fused-ring (bicyclic) bond motifs is 1. The summed E-state index contributed by atoms with van der Waals surface area (Å²) in [5.41, 5.74) is 1.56. The van der Waals surface area contributed by atoms with Gasteiger partial charge in [-0.3, -0.25) is 0 Å². The van der Waals surface area contributed by atoms with Crippen molar-refractivity contribution >= 4 is 17.0 Å². The van der Waals surface area contributed by atoms with E-state index in [2.05, 4.69) is 41.8 Å². The number of anilines is 1. The lowest BCUT2D eigenvalue weighted by molar-refractivity contribution is -0.886. The van der Waals surface area contributed by atoms with E-state index >= 15 is 0 Å². The van der Waals surface area contributed by atoms with Crippen LogP contribution >= 0.6 is 0 Å². The summed E-state index contributed by atoms with van der Waals surface area (Å²) in [6.45, 7) is 5.09. The number of nitrogens with zero attached hydrogens (tertiary/aromatic N) is 5. The van der Waals surface area contributed by atoms with Gasteiger partial charge in [-0.25, -0.2) is 4.52 Å². The number of likely N-dealkylation sites (N-methyl/N-ethyl adjacent to an activating group) is 1. The van der Waals surface area contributed by atoms with Crippen LogP contribution in [0.15, 0.2) is 34.7 Å². The smallest absolute Gasteiger partial charge is 0.177 e. The van der Waals surface area contributed by atoms with Crippen molar-refractivity contribution in [2.45, 2.75) is 6.92 Å². The average molecular weight is 276 g/mol. The number of hydrogen-bond acceptors (Lipinski definition) is 4. The standard InChI is InChI=1S/C13H22N7/c1-4-20(2,3)10-8-15-13-12(16-18-14)11-7-5-6-9-19(11)17-13/h5-7,9H,4,8,10H2,1-3H3,(H2,14,16)(H,15,17)/q+1. The Hall–Kier alpha value is -2.15. The lowest BCUT2D eigenvalue weighted by Crippen LogP contribution is -2.42. The monoisotopic (exact) mass is 276 g/mol. The van der Waals surface area contributed by atoms with E-state index in [9.17, 15) is 0 Å². The third-order valence-corrected chi connectivity index (χ3v) is 3.54. The average Bonchev–Trinajstić information content (AvgIpc) is 2.78. The maximum absolute atomic E-state index is 5.19. The molecule has 0 bridgehead atoms. The van der Waals surface area contributed by atoms with Crippen molar-refractivity contribution in [1.29, 1.82) is 0 Å². The molecule has 20 heavy (non-hydrogen) atoms. The summed E-state index contributed by atoms with van der Waals surface area (Å²) in [6, 6.07) is 5.80. The highest BCUT2D eigenvalue weighted by atomic mass is 15.4. The first-order valence-corrected chi connectivity index (χ1v) is 6.71. The summed E-state index contributed by atoms with van der Waals surface area (Å²) in [7, 11) is 4.40. The molecule has 0 atom stereocenters. The molecule has 3 N–H and O–H groups in total. The minimum absolute atomic E-state index is 0.676. The molecule has 0 aliphatic heterocycles. The maximum Gasteiger partial charge on any atom is 0.177 e. The zero-order chi connectivity index (χ0) is 14.6. The SMILES string of the molecule is CC[N+](C)(C)CCNc1nn2ccccc2c1N=NN. The topological polar surface area (TPSA) is 80.1 Å². The minimum atomic E-state index is 0.676. The van der Waals surface area contributed by atoms with Crippen molar-refractivity contribution in [3.63, 3.8) is 0 Å². The molecule has 0 aliphatic carbocycles. The van der Waals surface area contributed by atoms with Crippen molar-refractivity contribution in [3.05, 3.63) is 24.4 Å². The second kappa shape index (κ2) is 5.87. The van der Waals surface area contributed by atoms with Gasteiger partial charge in [-0.2, -0.15) is 0 Å². The largest absolute Gasteiger partial charge is 0.361 e. The van der Waals surface area contributed by atoms with Crippen LogP contribution < -0.4 is 11.2 Å². The molecule has 7 heteroatoms. The van der Waals surface area contributed by atoms with Crippen LogP contribution in [0, 0.1) is 0 Å². The predicted molar refractivity (Wildman–Crippen MR) is 79.9 cm³/mol. The summed E-state index contributed by atoms with van der Waals surface area (Å²) in [4.78, 5) is 0. The van der Waals surface area contributed by atoms with Gasteiger partial charge in [-0.1, -0.05) is 11.3 Å². The van der Waals surface area contributed by atoms with Crippen molar-refractivity contribution in [3.8, 4) is 0 Å². The van der Waals surface area contributed by atoms with Crippen molar-refractivity contribution in [2.75, 3.05) is 39.0 Å². The summed E-state index contributed by atoms with van der Waals surface area (Å²) in [6.07, 6.45) is 1.88. The van der Waals surface area contributed by atoms with Gasteiger partial charge in [-0.05, 0) is 19.1 Å². The molecule has 0 aromatic carbocycles. The van der Waals surface area contributed by atoms with Crippen LogP contribution in [-0.2, 0) is 0 Å². The second-order valence-electron chi connectivity index (χ2n) is 5.35. The van der Waals surface area contributed by atoms with Gasteiger partial charge in [-0.15, -0.1) is 10.2 Å². The van der Waals surface area contributed by atoms with E-state index in [4.69, 9.17) is 5.84 Å². The molecule has 0 aliphatic rings. The van der Waals surface area contributed by atoms with Gasteiger partial charge in [0.05, 0.1) is 39.2 Å². The first-order chi connectivity index (χ1) is 9.57. The van der Waals surface area contributed by atoms with Gasteiger partial charge in [0.1, 0.15) is 0 Å². The normalized spacial score (nSPS) is 12.3. The van der Waals surface area contributed by atoms with E-state index in [-0.39, 0.29) is 0 Å². The summed E-state index contributed by atoms with van der Waals surface area (Å²) in [5, 5.41) is 15.2. The first-order valence-electron chi connectivity index (χ1n) is 6.71. The van der Waals surface area contributed by atoms with E-state index in [0.717, 1.165) is 29.6 Å². The molecule has 7 nitrogen and oxygen atoms in total. The fourth-order valence-electron chi connectivity index (χ4n) is 1.90. The molecule has 0 saturated carbocycles. The number of nitrogens with two attached hydrogens (primary N) is 1. The molecule has 2 aromatic rings. The molecule has 0 spiro atoms. The second-order valence-corrected chi connectivity index (χ2v) is 5.35. The summed E-state index contributed by atoms with van der Waals surface area (Å²) in [5.74, 6) is 5.90. The molecule has 0 saturated heterocycles. The maximum atomic E-state index is 5.19. The minimum Gasteiger partial charge on any atom is -0.361 e. The van der Waals surface area contributed by atoms with Gasteiger partial charge in [0.25, 0.3) is 0 Å². The molecule has 2 aromatic heterocycles. The van der Waals surface area contributed by atoms with Gasteiger partial charge in [0, 0.05) is 6.20 Å². The van der Waals surface area contributed by atoms with E-state index < -0.39 is 0 Å². The number of quaternary nitrogens is 1. The van der Waals surface area contributed by atoms with E-state index in [1.165, 1.54) is 0 Å². The highest BCUT2D eigenvalue weighted by Crippen LogP contribution is 2.29. The Morgan fingerprint density at radius 3 is 2.90 bits per heavy atom. The van der Waals surface area contributed by atoms with E-state index in [1.807, 2.05) is 24.4 Å². The van der Waals surface area contributed by atoms with Gasteiger partial charge >= 0.3 is 0 Å². The van der Waals surface area contributed by atoms with Crippen LogP contribution in [0.25, 0.3) is 5.52 Å². The molecule has 0 unspecified atom stereocenters. The van der Waals surface area contributed by atoms with Crippen LogP contribution in [-0.4, -0.2) is 47.8 Å². The van der Waals surface area contributed by atoms with E-state index in [1.54, 1.807) is 4.52 Å². The van der Waals surface area contributed by atoms with Gasteiger partial charge in [0.15, 0.2) is 11.5 Å². The molecule has 108 valence electrons. The molecular weight excluding hydrogens is 254 g/mol.